The highest BCUT2D eigenvalue weighted by molar-refractivity contribution is 5.83. The van der Waals surface area contributed by atoms with E-state index >= 15 is 0 Å². The van der Waals surface area contributed by atoms with Crippen molar-refractivity contribution in [3.63, 3.8) is 0 Å². The Hall–Kier alpha value is -4.47. The monoisotopic (exact) mass is 483 g/mol. The molecule has 5 aromatic rings. The van der Waals surface area contributed by atoms with Crippen molar-refractivity contribution in [2.24, 2.45) is 0 Å². The molecule has 1 aromatic carbocycles. The van der Waals surface area contributed by atoms with Gasteiger partial charge in [0.05, 0.1) is 23.3 Å². The van der Waals surface area contributed by atoms with Gasteiger partial charge in [0.1, 0.15) is 5.39 Å². The van der Waals surface area contributed by atoms with Gasteiger partial charge in [-0.15, -0.1) is 6.58 Å². The van der Waals surface area contributed by atoms with Gasteiger partial charge >= 0.3 is 0 Å². The molecular formula is C26H29N9O. The zero-order chi connectivity index (χ0) is 25.6. The summed E-state index contributed by atoms with van der Waals surface area (Å²) < 4.78 is 3.42. The van der Waals surface area contributed by atoms with Crippen LogP contribution in [0.1, 0.15) is 26.5 Å². The Balaban J connectivity index is 1.61. The van der Waals surface area contributed by atoms with Crippen molar-refractivity contribution in [2.45, 2.75) is 32.7 Å². The van der Waals surface area contributed by atoms with Crippen LogP contribution in [-0.4, -0.2) is 48.4 Å². The van der Waals surface area contributed by atoms with Crippen molar-refractivity contribution in [2.75, 3.05) is 24.3 Å². The normalized spacial score (nSPS) is 11.8. The maximum absolute atomic E-state index is 13.2. The minimum Gasteiger partial charge on any atom is -0.349 e. The molecule has 36 heavy (non-hydrogen) atoms. The second kappa shape index (κ2) is 8.63. The van der Waals surface area contributed by atoms with Crippen molar-refractivity contribution < 1.29 is 0 Å². The van der Waals surface area contributed by atoms with Gasteiger partial charge in [-0.3, -0.25) is 9.78 Å². The lowest BCUT2D eigenvalue weighted by Gasteiger charge is -2.19. The fourth-order valence-electron chi connectivity index (χ4n) is 4.01. The maximum atomic E-state index is 13.2. The molecule has 10 nitrogen and oxygen atoms in total. The first-order valence-electron chi connectivity index (χ1n) is 11.7. The molecule has 5 rings (SSSR count). The topological polar surface area (TPSA) is 110 Å². The van der Waals surface area contributed by atoms with Crippen LogP contribution in [0.25, 0.3) is 27.8 Å². The van der Waals surface area contributed by atoms with E-state index in [1.165, 1.54) is 0 Å². The van der Waals surface area contributed by atoms with Gasteiger partial charge in [-0.2, -0.15) is 4.98 Å². The van der Waals surface area contributed by atoms with E-state index in [9.17, 15) is 4.79 Å². The standard InChI is InChI=1S/C26H29N9O/c1-7-12-34-23(36)18-15-28-24(29-16-8-9-19-20(13-16)31-25(30-19)33(5)6)32-22(18)35(34)17-10-11-27-21(14-17)26(2,3)4/h7-11,13-15H,1,12H2,2-6H3,(H,30,31)(H,28,29,32). The van der Waals surface area contributed by atoms with Crippen LogP contribution in [0.3, 0.4) is 0 Å². The number of nitrogens with one attached hydrogen (secondary N) is 2. The largest absolute Gasteiger partial charge is 0.349 e. The number of rotatable bonds is 6. The number of H-pyrrole nitrogens is 1. The van der Waals surface area contributed by atoms with Crippen LogP contribution in [0, 0.1) is 0 Å². The summed E-state index contributed by atoms with van der Waals surface area (Å²) >= 11 is 0. The second-order valence-corrected chi connectivity index (χ2v) is 9.88. The summed E-state index contributed by atoms with van der Waals surface area (Å²) in [4.78, 5) is 36.7. The van der Waals surface area contributed by atoms with E-state index < -0.39 is 0 Å². The van der Waals surface area contributed by atoms with Crippen LogP contribution in [0.5, 0.6) is 0 Å². The highest BCUT2D eigenvalue weighted by Crippen LogP contribution is 2.25. The first kappa shape index (κ1) is 23.3. The Kier molecular flexibility index (Phi) is 5.58. The van der Waals surface area contributed by atoms with Crippen LogP contribution in [0.4, 0.5) is 17.6 Å². The number of aromatic amines is 1. The molecule has 4 heterocycles. The smallest absolute Gasteiger partial charge is 0.278 e. The van der Waals surface area contributed by atoms with Gasteiger partial charge in [0, 0.05) is 43.3 Å². The van der Waals surface area contributed by atoms with E-state index in [0.717, 1.165) is 34.1 Å². The van der Waals surface area contributed by atoms with Gasteiger partial charge in [-0.1, -0.05) is 26.8 Å². The molecule has 2 N–H and O–H groups in total. The minimum absolute atomic E-state index is 0.151. The van der Waals surface area contributed by atoms with E-state index in [-0.39, 0.29) is 11.0 Å². The molecule has 4 aromatic heterocycles. The quantitative estimate of drug-likeness (QED) is 0.349. The average molecular weight is 484 g/mol. The van der Waals surface area contributed by atoms with Crippen LogP contribution in [0.15, 0.2) is 60.2 Å². The van der Waals surface area contributed by atoms with Crippen molar-refractivity contribution in [3.05, 3.63) is 71.4 Å². The number of aromatic nitrogens is 7. The predicted octanol–water partition coefficient (Wildman–Crippen LogP) is 4.15. The lowest BCUT2D eigenvalue weighted by molar-refractivity contribution is 0.563. The number of benzene rings is 1. The molecule has 0 amide bonds. The molecule has 0 unspecified atom stereocenters. The number of pyridine rings is 1. The summed E-state index contributed by atoms with van der Waals surface area (Å²) in [6.45, 7) is 10.5. The van der Waals surface area contributed by atoms with Crippen LogP contribution in [-0.2, 0) is 12.0 Å². The Morgan fingerprint density at radius 1 is 1.14 bits per heavy atom. The summed E-state index contributed by atoms with van der Waals surface area (Å²) in [5.41, 5.74) is 4.44. The second-order valence-electron chi connectivity index (χ2n) is 9.88. The SMILES string of the molecule is C=CCn1c(=O)c2cnc(Nc3ccc4nc(N(C)C)[nH]c4c3)nc2n1-c1ccnc(C(C)(C)C)c1. The highest BCUT2D eigenvalue weighted by atomic mass is 16.1. The van der Waals surface area contributed by atoms with Crippen molar-refractivity contribution >= 4 is 39.7 Å². The molecule has 0 aliphatic carbocycles. The molecule has 184 valence electrons. The van der Waals surface area contributed by atoms with E-state index in [2.05, 4.69) is 52.6 Å². The van der Waals surface area contributed by atoms with Crippen LogP contribution >= 0.6 is 0 Å². The molecule has 0 aliphatic rings. The number of imidazole rings is 1. The fourth-order valence-corrected chi connectivity index (χ4v) is 4.01. The summed E-state index contributed by atoms with van der Waals surface area (Å²) in [7, 11) is 3.87. The van der Waals surface area contributed by atoms with Crippen molar-refractivity contribution in [1.29, 1.82) is 0 Å². The van der Waals surface area contributed by atoms with Gasteiger partial charge in [-0.25, -0.2) is 19.3 Å². The Morgan fingerprint density at radius 3 is 2.67 bits per heavy atom. The first-order valence-corrected chi connectivity index (χ1v) is 11.7. The number of allylic oxidation sites excluding steroid dienone is 1. The van der Waals surface area contributed by atoms with E-state index in [0.29, 0.717) is 23.5 Å². The molecule has 0 saturated heterocycles. The lowest BCUT2D eigenvalue weighted by atomic mass is 9.91. The highest BCUT2D eigenvalue weighted by Gasteiger charge is 2.20. The van der Waals surface area contributed by atoms with Crippen LogP contribution < -0.4 is 15.8 Å². The fraction of sp³-hybridized carbons (Fsp3) is 0.269. The number of nitrogens with zero attached hydrogens (tertiary/aromatic N) is 7. The van der Waals surface area contributed by atoms with E-state index in [1.54, 1.807) is 23.2 Å². The maximum Gasteiger partial charge on any atom is 0.278 e. The van der Waals surface area contributed by atoms with Crippen molar-refractivity contribution in [1.82, 2.24) is 34.3 Å². The average Bonchev–Trinajstić information content (AvgIpc) is 3.38. The summed E-state index contributed by atoms with van der Waals surface area (Å²) in [5, 5.41) is 3.69. The zero-order valence-electron chi connectivity index (χ0n) is 21.1. The van der Waals surface area contributed by atoms with Crippen molar-refractivity contribution in [3.8, 4) is 5.69 Å². The summed E-state index contributed by atoms with van der Waals surface area (Å²) in [6.07, 6.45) is 5.01. The van der Waals surface area contributed by atoms with E-state index in [4.69, 9.17) is 4.98 Å². The minimum atomic E-state index is -0.180. The molecule has 0 radical (unpaired) electrons. The molecule has 0 saturated carbocycles. The van der Waals surface area contributed by atoms with Gasteiger partial charge in [-0.05, 0) is 30.3 Å². The number of hydrogen-bond acceptors (Lipinski definition) is 7. The number of fused-ring (bicyclic) bond motifs is 2. The first-order chi connectivity index (χ1) is 17.2. The Bertz CT molecular complexity index is 1650. The van der Waals surface area contributed by atoms with Gasteiger partial charge in [0.25, 0.3) is 5.56 Å². The molecule has 0 bridgehead atoms. The molecule has 0 spiro atoms. The van der Waals surface area contributed by atoms with Gasteiger partial charge in [0.2, 0.25) is 11.9 Å². The molecule has 0 fully saturated rings. The summed E-state index contributed by atoms with van der Waals surface area (Å²) in [6, 6.07) is 9.67. The third-order valence-corrected chi connectivity index (χ3v) is 5.88. The van der Waals surface area contributed by atoms with Gasteiger partial charge < -0.3 is 15.2 Å². The number of anilines is 3. The van der Waals surface area contributed by atoms with Crippen LogP contribution in [0.2, 0.25) is 0 Å². The predicted molar refractivity (Wildman–Crippen MR) is 144 cm³/mol. The molecular weight excluding hydrogens is 454 g/mol. The lowest BCUT2D eigenvalue weighted by Crippen LogP contribution is -2.22. The molecule has 10 heteroatoms. The molecule has 0 atom stereocenters. The third-order valence-electron chi connectivity index (χ3n) is 5.88. The number of hydrogen-bond donors (Lipinski definition) is 2. The zero-order valence-corrected chi connectivity index (χ0v) is 21.1. The van der Waals surface area contributed by atoms with Gasteiger partial charge in [0.15, 0.2) is 5.65 Å². The van der Waals surface area contributed by atoms with E-state index in [1.807, 2.05) is 54.0 Å². The Labute approximate surface area is 208 Å². The Morgan fingerprint density at radius 2 is 1.94 bits per heavy atom. The third kappa shape index (κ3) is 4.10. The summed E-state index contributed by atoms with van der Waals surface area (Å²) in [5.74, 6) is 1.16. The molecule has 0 aliphatic heterocycles.